The third-order valence-corrected chi connectivity index (χ3v) is 3.22. The Hall–Kier alpha value is -1.88. The monoisotopic (exact) mass is 322 g/mol. The predicted octanol–water partition coefficient (Wildman–Crippen LogP) is 3.73. The number of carbonyl (C=O) groups excluding carboxylic acids is 1. The molecule has 19 heavy (non-hydrogen) atoms. The van der Waals surface area contributed by atoms with E-state index < -0.39 is 11.7 Å². The molecule has 0 aliphatic carbocycles. The van der Waals surface area contributed by atoms with Gasteiger partial charge in [0.25, 0.3) is 5.91 Å². The Kier molecular flexibility index (Phi) is 3.85. The Morgan fingerprint density at radius 3 is 2.68 bits per heavy atom. The van der Waals surface area contributed by atoms with E-state index in [1.807, 2.05) is 6.07 Å². The molecule has 0 aliphatic heterocycles. The van der Waals surface area contributed by atoms with E-state index in [-0.39, 0.29) is 11.3 Å². The van der Waals surface area contributed by atoms with Crippen LogP contribution in [0.4, 0.5) is 15.8 Å². The highest BCUT2D eigenvalue weighted by atomic mass is 79.9. The van der Waals surface area contributed by atoms with Crippen LogP contribution >= 0.6 is 15.9 Å². The molecule has 0 bridgehead atoms. The minimum absolute atomic E-state index is 0.195. The first kappa shape index (κ1) is 13.5. The van der Waals surface area contributed by atoms with Gasteiger partial charge in [0.15, 0.2) is 0 Å². The van der Waals surface area contributed by atoms with Crippen LogP contribution in [0.15, 0.2) is 40.9 Å². The van der Waals surface area contributed by atoms with Crippen molar-refractivity contribution in [3.05, 3.63) is 57.8 Å². The van der Waals surface area contributed by atoms with Gasteiger partial charge in [0.2, 0.25) is 0 Å². The maximum absolute atomic E-state index is 13.5. The summed E-state index contributed by atoms with van der Waals surface area (Å²) in [5, 5.41) is 2.68. The van der Waals surface area contributed by atoms with Gasteiger partial charge in [-0.25, -0.2) is 4.39 Å². The fourth-order valence-electron chi connectivity index (χ4n) is 1.60. The topological polar surface area (TPSA) is 55.1 Å². The molecule has 0 aromatic heterocycles. The molecule has 2 aromatic carbocycles. The number of anilines is 2. The predicted molar refractivity (Wildman–Crippen MR) is 77.6 cm³/mol. The zero-order valence-corrected chi connectivity index (χ0v) is 11.8. The second-order valence-electron chi connectivity index (χ2n) is 4.14. The lowest BCUT2D eigenvalue weighted by atomic mass is 10.1. The van der Waals surface area contributed by atoms with Gasteiger partial charge >= 0.3 is 0 Å². The molecule has 0 saturated carbocycles. The summed E-state index contributed by atoms with van der Waals surface area (Å²) in [6, 6.07) is 9.79. The second-order valence-corrected chi connectivity index (χ2v) is 5.05. The van der Waals surface area contributed by atoms with Gasteiger partial charge in [-0.05, 0) is 37.3 Å². The Labute approximate surface area is 118 Å². The number of halogens is 2. The lowest BCUT2D eigenvalue weighted by Gasteiger charge is -2.08. The van der Waals surface area contributed by atoms with Crippen LogP contribution in [-0.4, -0.2) is 5.91 Å². The molecule has 1 amide bonds. The number of hydrogen-bond donors (Lipinski definition) is 2. The molecule has 0 heterocycles. The van der Waals surface area contributed by atoms with Gasteiger partial charge in [0, 0.05) is 27.0 Å². The molecule has 0 aliphatic rings. The molecule has 0 spiro atoms. The van der Waals surface area contributed by atoms with Gasteiger partial charge in [-0.3, -0.25) is 4.79 Å². The minimum Gasteiger partial charge on any atom is -0.398 e. The van der Waals surface area contributed by atoms with Gasteiger partial charge < -0.3 is 11.1 Å². The summed E-state index contributed by atoms with van der Waals surface area (Å²) in [6.07, 6.45) is 0. The molecule has 3 nitrogen and oxygen atoms in total. The van der Waals surface area contributed by atoms with Gasteiger partial charge in [-0.1, -0.05) is 22.0 Å². The lowest BCUT2D eigenvalue weighted by Crippen LogP contribution is -2.13. The first-order valence-electron chi connectivity index (χ1n) is 5.60. The summed E-state index contributed by atoms with van der Waals surface area (Å²) in [6.45, 7) is 1.57. The average molecular weight is 323 g/mol. The SMILES string of the molecule is Cc1c(N)cc(C(=O)Nc2cccc(Br)c2)cc1F. The molecule has 3 N–H and O–H groups in total. The summed E-state index contributed by atoms with van der Waals surface area (Å²) >= 11 is 3.31. The maximum Gasteiger partial charge on any atom is 0.255 e. The van der Waals surface area contributed by atoms with Crippen molar-refractivity contribution in [1.82, 2.24) is 0 Å². The number of nitrogen functional groups attached to an aromatic ring is 1. The van der Waals surface area contributed by atoms with E-state index in [1.165, 1.54) is 12.1 Å². The number of amides is 1. The normalized spacial score (nSPS) is 10.3. The summed E-state index contributed by atoms with van der Waals surface area (Å²) in [5.41, 5.74) is 7.08. The number of nitrogens with two attached hydrogens (primary N) is 1. The Balaban J connectivity index is 2.25. The molecule has 0 saturated heterocycles. The van der Waals surface area contributed by atoms with Crippen molar-refractivity contribution in [2.75, 3.05) is 11.1 Å². The van der Waals surface area contributed by atoms with Crippen molar-refractivity contribution in [1.29, 1.82) is 0 Å². The highest BCUT2D eigenvalue weighted by Gasteiger charge is 2.11. The van der Waals surface area contributed by atoms with Gasteiger partial charge in [-0.15, -0.1) is 0 Å². The summed E-state index contributed by atoms with van der Waals surface area (Å²) < 4.78 is 14.4. The van der Waals surface area contributed by atoms with Crippen LogP contribution < -0.4 is 11.1 Å². The third-order valence-electron chi connectivity index (χ3n) is 2.73. The molecule has 0 atom stereocenters. The van der Waals surface area contributed by atoms with Gasteiger partial charge in [0.05, 0.1) is 0 Å². The number of hydrogen-bond acceptors (Lipinski definition) is 2. The van der Waals surface area contributed by atoms with Crippen molar-refractivity contribution < 1.29 is 9.18 Å². The van der Waals surface area contributed by atoms with Crippen molar-refractivity contribution >= 4 is 33.2 Å². The fourth-order valence-corrected chi connectivity index (χ4v) is 2.00. The van der Waals surface area contributed by atoms with Crippen molar-refractivity contribution in [2.24, 2.45) is 0 Å². The van der Waals surface area contributed by atoms with E-state index in [0.29, 0.717) is 11.3 Å². The molecule has 2 rings (SSSR count). The largest absolute Gasteiger partial charge is 0.398 e. The summed E-state index contributed by atoms with van der Waals surface area (Å²) in [5.74, 6) is -0.886. The minimum atomic E-state index is -0.487. The molecular weight excluding hydrogens is 311 g/mol. The van der Waals surface area contributed by atoms with E-state index in [0.717, 1.165) is 4.47 Å². The van der Waals surface area contributed by atoms with E-state index in [9.17, 15) is 9.18 Å². The molecule has 0 fully saturated rings. The number of rotatable bonds is 2. The van der Waals surface area contributed by atoms with Crippen LogP contribution in [-0.2, 0) is 0 Å². The highest BCUT2D eigenvalue weighted by Crippen LogP contribution is 2.20. The molecule has 2 aromatic rings. The Morgan fingerprint density at radius 1 is 1.32 bits per heavy atom. The van der Waals surface area contributed by atoms with Crippen LogP contribution in [0.25, 0.3) is 0 Å². The van der Waals surface area contributed by atoms with E-state index >= 15 is 0 Å². The molecule has 5 heteroatoms. The van der Waals surface area contributed by atoms with Gasteiger partial charge in [0.1, 0.15) is 5.82 Å². The summed E-state index contributed by atoms with van der Waals surface area (Å²) in [7, 11) is 0. The smallest absolute Gasteiger partial charge is 0.255 e. The zero-order valence-electron chi connectivity index (χ0n) is 10.2. The average Bonchev–Trinajstić information content (AvgIpc) is 2.35. The second kappa shape index (κ2) is 5.40. The molecule has 98 valence electrons. The highest BCUT2D eigenvalue weighted by molar-refractivity contribution is 9.10. The molecular formula is C14H12BrFN2O. The van der Waals surface area contributed by atoms with E-state index in [1.54, 1.807) is 25.1 Å². The van der Waals surface area contributed by atoms with Crippen molar-refractivity contribution in [3.63, 3.8) is 0 Å². The van der Waals surface area contributed by atoms with Crippen molar-refractivity contribution in [2.45, 2.75) is 6.92 Å². The summed E-state index contributed by atoms with van der Waals surface area (Å²) in [4.78, 5) is 12.0. The first-order chi connectivity index (χ1) is 8.97. The zero-order chi connectivity index (χ0) is 14.0. The Morgan fingerprint density at radius 2 is 2.05 bits per heavy atom. The van der Waals surface area contributed by atoms with Crippen LogP contribution in [0.5, 0.6) is 0 Å². The Bertz CT molecular complexity index is 620. The quantitative estimate of drug-likeness (QED) is 0.828. The van der Waals surface area contributed by atoms with Crippen LogP contribution in [0.3, 0.4) is 0 Å². The fraction of sp³-hybridized carbons (Fsp3) is 0.0714. The number of carbonyl (C=O) groups is 1. The number of benzene rings is 2. The lowest BCUT2D eigenvalue weighted by molar-refractivity contribution is 0.102. The number of nitrogens with one attached hydrogen (secondary N) is 1. The standard InChI is InChI=1S/C14H12BrFN2O/c1-8-12(16)5-9(6-13(8)17)14(19)18-11-4-2-3-10(15)7-11/h2-7H,17H2,1H3,(H,18,19). The van der Waals surface area contributed by atoms with Crippen LogP contribution in [0, 0.1) is 12.7 Å². The molecule has 0 unspecified atom stereocenters. The van der Waals surface area contributed by atoms with E-state index in [2.05, 4.69) is 21.2 Å². The molecule has 0 radical (unpaired) electrons. The van der Waals surface area contributed by atoms with Gasteiger partial charge in [-0.2, -0.15) is 0 Å². The van der Waals surface area contributed by atoms with Crippen LogP contribution in [0.2, 0.25) is 0 Å². The van der Waals surface area contributed by atoms with Crippen LogP contribution in [0.1, 0.15) is 15.9 Å². The van der Waals surface area contributed by atoms with Crippen molar-refractivity contribution in [3.8, 4) is 0 Å². The maximum atomic E-state index is 13.5. The first-order valence-corrected chi connectivity index (χ1v) is 6.39. The third kappa shape index (κ3) is 3.12. The van der Waals surface area contributed by atoms with E-state index in [4.69, 9.17) is 5.73 Å².